The topological polar surface area (TPSA) is 43.8 Å². The van der Waals surface area contributed by atoms with E-state index in [0.29, 0.717) is 0 Å². The van der Waals surface area contributed by atoms with Crippen molar-refractivity contribution in [2.24, 2.45) is 5.73 Å². The van der Waals surface area contributed by atoms with Crippen molar-refractivity contribution in [1.29, 1.82) is 0 Å². The zero-order chi connectivity index (χ0) is 9.84. The van der Waals surface area contributed by atoms with Gasteiger partial charge in [-0.1, -0.05) is 13.3 Å². The second-order valence-electron chi connectivity index (χ2n) is 3.41. The van der Waals surface area contributed by atoms with Gasteiger partial charge in [-0.15, -0.1) is 0 Å². The summed E-state index contributed by atoms with van der Waals surface area (Å²) in [6, 6.07) is 2.17. The molecule has 1 rings (SSSR count). The van der Waals surface area contributed by atoms with Crippen LogP contribution in [-0.2, 0) is 13.0 Å². The molecular weight excluding hydrogens is 162 g/mol. The van der Waals surface area contributed by atoms with Crippen LogP contribution in [0.4, 0.5) is 0 Å². The molecule has 0 saturated heterocycles. The standard InChI is InChI=1S/C10H19N3/c1-4-6-9-7-10(8(3)11)12-13(9)5-2/h7-8H,4-6,11H2,1-3H3. The van der Waals surface area contributed by atoms with Crippen molar-refractivity contribution in [3.8, 4) is 0 Å². The molecule has 1 atom stereocenters. The normalized spacial score (nSPS) is 13.2. The van der Waals surface area contributed by atoms with E-state index in [2.05, 4.69) is 25.0 Å². The van der Waals surface area contributed by atoms with E-state index in [4.69, 9.17) is 5.73 Å². The van der Waals surface area contributed by atoms with Crippen LogP contribution >= 0.6 is 0 Å². The van der Waals surface area contributed by atoms with Crippen LogP contribution < -0.4 is 5.73 Å². The minimum absolute atomic E-state index is 0.0448. The van der Waals surface area contributed by atoms with Gasteiger partial charge < -0.3 is 5.73 Å². The van der Waals surface area contributed by atoms with Gasteiger partial charge in [0.15, 0.2) is 0 Å². The van der Waals surface area contributed by atoms with Crippen LogP contribution in [0.1, 0.15) is 44.6 Å². The molecule has 0 aliphatic heterocycles. The van der Waals surface area contributed by atoms with Crippen molar-refractivity contribution >= 4 is 0 Å². The second-order valence-corrected chi connectivity index (χ2v) is 3.41. The molecule has 0 bridgehead atoms. The van der Waals surface area contributed by atoms with E-state index in [1.54, 1.807) is 0 Å². The Morgan fingerprint density at radius 2 is 2.23 bits per heavy atom. The first-order valence-electron chi connectivity index (χ1n) is 5.01. The Morgan fingerprint density at radius 3 is 2.69 bits per heavy atom. The van der Waals surface area contributed by atoms with Crippen molar-refractivity contribution in [2.45, 2.75) is 46.2 Å². The van der Waals surface area contributed by atoms with Crippen molar-refractivity contribution < 1.29 is 0 Å². The maximum Gasteiger partial charge on any atom is 0.0791 e. The number of aryl methyl sites for hydroxylation is 2. The van der Waals surface area contributed by atoms with Crippen molar-refractivity contribution in [3.63, 3.8) is 0 Å². The minimum Gasteiger partial charge on any atom is -0.323 e. The van der Waals surface area contributed by atoms with Gasteiger partial charge >= 0.3 is 0 Å². The van der Waals surface area contributed by atoms with E-state index in [-0.39, 0.29) is 6.04 Å². The third kappa shape index (κ3) is 2.31. The predicted octanol–water partition coefficient (Wildman–Crippen LogP) is 1.88. The number of aromatic nitrogens is 2. The largest absolute Gasteiger partial charge is 0.323 e. The van der Waals surface area contributed by atoms with E-state index in [1.807, 2.05) is 11.6 Å². The van der Waals surface area contributed by atoms with Crippen LogP contribution in [0.15, 0.2) is 6.07 Å². The van der Waals surface area contributed by atoms with Crippen molar-refractivity contribution in [1.82, 2.24) is 9.78 Å². The lowest BCUT2D eigenvalue weighted by Crippen LogP contribution is -2.07. The molecule has 0 spiro atoms. The Morgan fingerprint density at radius 1 is 1.54 bits per heavy atom. The summed E-state index contributed by atoms with van der Waals surface area (Å²) < 4.78 is 2.04. The molecule has 1 aromatic heterocycles. The Bertz CT molecular complexity index is 263. The van der Waals surface area contributed by atoms with E-state index in [9.17, 15) is 0 Å². The van der Waals surface area contributed by atoms with Gasteiger partial charge in [0, 0.05) is 18.3 Å². The van der Waals surface area contributed by atoms with Gasteiger partial charge in [0.2, 0.25) is 0 Å². The van der Waals surface area contributed by atoms with Crippen molar-refractivity contribution in [2.75, 3.05) is 0 Å². The predicted molar refractivity (Wildman–Crippen MR) is 54.5 cm³/mol. The lowest BCUT2D eigenvalue weighted by Gasteiger charge is -2.01. The first kappa shape index (κ1) is 10.3. The summed E-state index contributed by atoms with van der Waals surface area (Å²) in [5.74, 6) is 0. The molecule has 1 heterocycles. The first-order valence-corrected chi connectivity index (χ1v) is 5.01. The quantitative estimate of drug-likeness (QED) is 0.770. The minimum atomic E-state index is 0.0448. The summed E-state index contributed by atoms with van der Waals surface area (Å²) in [6.45, 7) is 7.19. The zero-order valence-electron chi connectivity index (χ0n) is 8.75. The van der Waals surface area contributed by atoms with Crippen LogP contribution in [0.25, 0.3) is 0 Å². The highest BCUT2D eigenvalue weighted by Gasteiger charge is 2.08. The van der Waals surface area contributed by atoms with Crippen LogP contribution in [0.2, 0.25) is 0 Å². The molecule has 0 radical (unpaired) electrons. The van der Waals surface area contributed by atoms with Crippen molar-refractivity contribution in [3.05, 3.63) is 17.5 Å². The maximum atomic E-state index is 5.77. The number of rotatable bonds is 4. The maximum absolute atomic E-state index is 5.77. The average Bonchev–Trinajstić information content (AvgIpc) is 2.48. The zero-order valence-corrected chi connectivity index (χ0v) is 8.75. The van der Waals surface area contributed by atoms with E-state index >= 15 is 0 Å². The number of hydrogen-bond donors (Lipinski definition) is 1. The molecule has 0 aliphatic carbocycles. The van der Waals surface area contributed by atoms with Gasteiger partial charge in [0.25, 0.3) is 0 Å². The highest BCUT2D eigenvalue weighted by atomic mass is 15.3. The number of nitrogens with zero attached hydrogens (tertiary/aromatic N) is 2. The van der Waals surface area contributed by atoms with Gasteiger partial charge in [0.05, 0.1) is 5.69 Å². The molecule has 0 fully saturated rings. The monoisotopic (exact) mass is 181 g/mol. The Hall–Kier alpha value is -0.830. The molecule has 3 heteroatoms. The molecule has 0 saturated carbocycles. The van der Waals surface area contributed by atoms with Gasteiger partial charge in [-0.3, -0.25) is 4.68 Å². The molecule has 1 aromatic rings. The second kappa shape index (κ2) is 4.42. The van der Waals surface area contributed by atoms with Crippen LogP contribution in [0.5, 0.6) is 0 Å². The molecule has 0 amide bonds. The molecule has 3 nitrogen and oxygen atoms in total. The Balaban J connectivity index is 2.90. The smallest absolute Gasteiger partial charge is 0.0791 e. The van der Waals surface area contributed by atoms with Gasteiger partial charge in [-0.2, -0.15) is 5.10 Å². The van der Waals surface area contributed by atoms with Gasteiger partial charge in [-0.05, 0) is 26.3 Å². The molecule has 2 N–H and O–H groups in total. The van der Waals surface area contributed by atoms with E-state index in [0.717, 1.165) is 25.1 Å². The molecule has 0 aliphatic rings. The number of hydrogen-bond acceptors (Lipinski definition) is 2. The van der Waals surface area contributed by atoms with Crippen LogP contribution in [0.3, 0.4) is 0 Å². The lowest BCUT2D eigenvalue weighted by atomic mass is 10.2. The molecule has 1 unspecified atom stereocenters. The Kier molecular flexibility index (Phi) is 3.48. The summed E-state index contributed by atoms with van der Waals surface area (Å²) >= 11 is 0. The summed E-state index contributed by atoms with van der Waals surface area (Å²) in [5.41, 5.74) is 8.08. The fourth-order valence-electron chi connectivity index (χ4n) is 1.43. The highest BCUT2D eigenvalue weighted by Crippen LogP contribution is 2.12. The number of nitrogens with two attached hydrogens (primary N) is 1. The molecular formula is C10H19N3. The lowest BCUT2D eigenvalue weighted by molar-refractivity contribution is 0.599. The fourth-order valence-corrected chi connectivity index (χ4v) is 1.43. The highest BCUT2D eigenvalue weighted by molar-refractivity contribution is 5.13. The van der Waals surface area contributed by atoms with Crippen LogP contribution in [0, 0.1) is 0 Å². The van der Waals surface area contributed by atoms with Gasteiger partial charge in [0.1, 0.15) is 0 Å². The SMILES string of the molecule is CCCc1cc(C(C)N)nn1CC. The fraction of sp³-hybridized carbons (Fsp3) is 0.700. The first-order chi connectivity index (χ1) is 6.19. The average molecular weight is 181 g/mol. The molecule has 0 aromatic carbocycles. The van der Waals surface area contributed by atoms with Crippen LogP contribution in [-0.4, -0.2) is 9.78 Å². The summed E-state index contributed by atoms with van der Waals surface area (Å²) in [6.07, 6.45) is 2.25. The summed E-state index contributed by atoms with van der Waals surface area (Å²) in [4.78, 5) is 0. The third-order valence-electron chi connectivity index (χ3n) is 2.15. The molecule has 13 heavy (non-hydrogen) atoms. The summed E-state index contributed by atoms with van der Waals surface area (Å²) in [5, 5.41) is 4.44. The van der Waals surface area contributed by atoms with E-state index in [1.165, 1.54) is 5.69 Å². The third-order valence-corrected chi connectivity index (χ3v) is 2.15. The van der Waals surface area contributed by atoms with E-state index < -0.39 is 0 Å². The molecule has 74 valence electrons. The Labute approximate surface area is 79.9 Å². The van der Waals surface area contributed by atoms with Gasteiger partial charge in [-0.25, -0.2) is 0 Å². The summed E-state index contributed by atoms with van der Waals surface area (Å²) in [7, 11) is 0.